The predicted octanol–water partition coefficient (Wildman–Crippen LogP) is 5.12. The predicted molar refractivity (Wildman–Crippen MR) is 126 cm³/mol. The lowest BCUT2D eigenvalue weighted by Gasteiger charge is -2.16. The van der Waals surface area contributed by atoms with Gasteiger partial charge in [-0.2, -0.15) is 0 Å². The SMILES string of the molecule is CCn1c(SCC(=O)Nc2sc(C)cc2C(=O)OC)nnc1C(C)Oc1ccc(F)cc1Cl. The maximum atomic E-state index is 13.3. The van der Waals surface area contributed by atoms with Crippen LogP contribution >= 0.6 is 34.7 Å². The third-order valence-corrected chi connectivity index (χ3v) is 6.70. The van der Waals surface area contributed by atoms with Crippen molar-refractivity contribution < 1.29 is 23.5 Å². The second kappa shape index (κ2) is 11.0. The van der Waals surface area contributed by atoms with Crippen LogP contribution in [0, 0.1) is 12.7 Å². The maximum Gasteiger partial charge on any atom is 0.340 e. The summed E-state index contributed by atoms with van der Waals surface area (Å²) in [6.45, 7) is 6.10. The van der Waals surface area contributed by atoms with Gasteiger partial charge in [-0.3, -0.25) is 4.79 Å². The Labute approximate surface area is 203 Å². The smallest absolute Gasteiger partial charge is 0.340 e. The molecular formula is C21H22ClFN4O4S2. The lowest BCUT2D eigenvalue weighted by atomic mass is 10.3. The first-order valence-electron chi connectivity index (χ1n) is 9.89. The second-order valence-electron chi connectivity index (χ2n) is 6.85. The van der Waals surface area contributed by atoms with E-state index >= 15 is 0 Å². The summed E-state index contributed by atoms with van der Waals surface area (Å²) in [7, 11) is 1.29. The van der Waals surface area contributed by atoms with E-state index in [0.717, 1.165) is 4.88 Å². The molecule has 33 heavy (non-hydrogen) atoms. The molecule has 8 nitrogen and oxygen atoms in total. The van der Waals surface area contributed by atoms with E-state index in [1.165, 1.54) is 48.4 Å². The molecule has 0 bridgehead atoms. The molecule has 12 heteroatoms. The van der Waals surface area contributed by atoms with E-state index in [4.69, 9.17) is 21.1 Å². The number of amides is 1. The molecule has 3 aromatic rings. The van der Waals surface area contributed by atoms with Gasteiger partial charge in [0.2, 0.25) is 5.91 Å². The van der Waals surface area contributed by atoms with Gasteiger partial charge >= 0.3 is 5.97 Å². The fraction of sp³-hybridized carbons (Fsp3) is 0.333. The van der Waals surface area contributed by atoms with Crippen molar-refractivity contribution >= 4 is 51.6 Å². The Hall–Kier alpha value is -2.63. The van der Waals surface area contributed by atoms with Gasteiger partial charge in [-0.1, -0.05) is 23.4 Å². The molecule has 1 atom stereocenters. The van der Waals surface area contributed by atoms with Crippen LogP contribution in [0.3, 0.4) is 0 Å². The van der Waals surface area contributed by atoms with E-state index in [0.29, 0.717) is 33.8 Å². The minimum Gasteiger partial charge on any atom is -0.481 e. The number of esters is 1. The molecule has 0 aliphatic carbocycles. The molecule has 0 aliphatic heterocycles. The number of aryl methyl sites for hydroxylation is 1. The summed E-state index contributed by atoms with van der Waals surface area (Å²) in [6, 6.07) is 5.57. The third-order valence-electron chi connectivity index (χ3n) is 4.47. The van der Waals surface area contributed by atoms with Crippen molar-refractivity contribution in [3.8, 4) is 5.75 Å². The summed E-state index contributed by atoms with van der Waals surface area (Å²) in [5.74, 6) is -0.311. The van der Waals surface area contributed by atoms with Gasteiger partial charge < -0.3 is 19.4 Å². The molecule has 1 N–H and O–H groups in total. The molecule has 1 aromatic carbocycles. The van der Waals surface area contributed by atoms with Gasteiger partial charge in [-0.15, -0.1) is 21.5 Å². The van der Waals surface area contributed by atoms with E-state index in [-0.39, 0.29) is 16.7 Å². The van der Waals surface area contributed by atoms with Crippen LogP contribution in [0.1, 0.15) is 41.0 Å². The molecule has 0 saturated heterocycles. The number of aromatic nitrogens is 3. The Kier molecular flexibility index (Phi) is 8.33. The van der Waals surface area contributed by atoms with Gasteiger partial charge in [0.1, 0.15) is 16.6 Å². The van der Waals surface area contributed by atoms with Gasteiger partial charge in [0, 0.05) is 11.4 Å². The van der Waals surface area contributed by atoms with Crippen molar-refractivity contribution in [1.82, 2.24) is 14.8 Å². The van der Waals surface area contributed by atoms with Crippen LogP contribution in [0.4, 0.5) is 9.39 Å². The minimum atomic E-state index is -0.514. The number of rotatable bonds is 9. The molecule has 2 aromatic heterocycles. The molecule has 0 radical (unpaired) electrons. The molecule has 0 spiro atoms. The van der Waals surface area contributed by atoms with E-state index in [9.17, 15) is 14.0 Å². The normalized spacial score (nSPS) is 11.8. The molecule has 0 saturated carbocycles. The monoisotopic (exact) mass is 512 g/mol. The highest BCUT2D eigenvalue weighted by Gasteiger charge is 2.21. The largest absolute Gasteiger partial charge is 0.481 e. The summed E-state index contributed by atoms with van der Waals surface area (Å²) in [5.41, 5.74) is 0.322. The first-order valence-corrected chi connectivity index (χ1v) is 12.1. The fourth-order valence-electron chi connectivity index (χ4n) is 2.98. The molecule has 1 unspecified atom stereocenters. The Balaban J connectivity index is 1.66. The van der Waals surface area contributed by atoms with Gasteiger partial charge in [-0.25, -0.2) is 9.18 Å². The Morgan fingerprint density at radius 2 is 2.09 bits per heavy atom. The Morgan fingerprint density at radius 3 is 2.76 bits per heavy atom. The highest BCUT2D eigenvalue weighted by Crippen LogP contribution is 2.31. The Bertz CT molecular complexity index is 1170. The third kappa shape index (κ3) is 6.04. The van der Waals surface area contributed by atoms with Crippen LogP contribution < -0.4 is 10.1 Å². The average molecular weight is 513 g/mol. The lowest BCUT2D eigenvalue weighted by molar-refractivity contribution is -0.113. The number of carbonyl (C=O) groups is 2. The van der Waals surface area contributed by atoms with Crippen LogP contribution in [-0.4, -0.2) is 39.5 Å². The number of thioether (sulfide) groups is 1. The highest BCUT2D eigenvalue weighted by molar-refractivity contribution is 7.99. The standard InChI is InChI=1S/C21H22ClFN4O4S2/c1-5-27-18(12(3)31-16-7-6-13(23)9-15(16)22)25-26-21(27)32-10-17(28)24-19-14(20(29)30-4)8-11(2)33-19/h6-9,12H,5,10H2,1-4H3,(H,24,28). The number of nitrogens with one attached hydrogen (secondary N) is 1. The highest BCUT2D eigenvalue weighted by atomic mass is 35.5. The number of hydrogen-bond donors (Lipinski definition) is 1. The zero-order valence-electron chi connectivity index (χ0n) is 18.3. The summed E-state index contributed by atoms with van der Waals surface area (Å²) in [6.07, 6.45) is -0.514. The van der Waals surface area contributed by atoms with Crippen molar-refractivity contribution in [2.75, 3.05) is 18.2 Å². The summed E-state index contributed by atoms with van der Waals surface area (Å²) in [5, 5.41) is 12.3. The average Bonchev–Trinajstić information content (AvgIpc) is 3.36. The maximum absolute atomic E-state index is 13.3. The number of benzene rings is 1. The number of carbonyl (C=O) groups excluding carboxylic acids is 2. The quantitative estimate of drug-likeness (QED) is 0.314. The molecule has 0 fully saturated rings. The van der Waals surface area contributed by atoms with Crippen LogP contribution in [0.5, 0.6) is 5.75 Å². The second-order valence-corrected chi connectivity index (χ2v) is 9.45. The van der Waals surface area contributed by atoms with Crippen molar-refractivity contribution in [1.29, 1.82) is 0 Å². The van der Waals surface area contributed by atoms with Gasteiger partial charge in [-0.05, 0) is 45.0 Å². The number of ether oxygens (including phenoxy) is 2. The van der Waals surface area contributed by atoms with Crippen molar-refractivity contribution in [2.45, 2.75) is 38.6 Å². The summed E-state index contributed by atoms with van der Waals surface area (Å²) < 4.78 is 25.7. The van der Waals surface area contributed by atoms with Gasteiger partial charge in [0.05, 0.1) is 23.4 Å². The van der Waals surface area contributed by atoms with Crippen molar-refractivity contribution in [3.05, 3.63) is 51.4 Å². The summed E-state index contributed by atoms with van der Waals surface area (Å²) >= 11 is 8.56. The number of thiophene rings is 1. The van der Waals surface area contributed by atoms with Crippen molar-refractivity contribution in [3.63, 3.8) is 0 Å². The minimum absolute atomic E-state index is 0.0642. The zero-order valence-corrected chi connectivity index (χ0v) is 20.7. The lowest BCUT2D eigenvalue weighted by Crippen LogP contribution is -2.16. The van der Waals surface area contributed by atoms with Crippen LogP contribution in [0.15, 0.2) is 29.4 Å². The first kappa shape index (κ1) is 25.0. The first-order chi connectivity index (χ1) is 15.7. The van der Waals surface area contributed by atoms with E-state index in [1.54, 1.807) is 13.0 Å². The van der Waals surface area contributed by atoms with Crippen LogP contribution in [0.2, 0.25) is 5.02 Å². The fourth-order valence-corrected chi connectivity index (χ4v) is 4.92. The number of methoxy groups -OCH3 is 1. The molecule has 176 valence electrons. The number of anilines is 1. The van der Waals surface area contributed by atoms with Crippen LogP contribution in [0.25, 0.3) is 0 Å². The van der Waals surface area contributed by atoms with Gasteiger partial charge in [0.25, 0.3) is 0 Å². The topological polar surface area (TPSA) is 95.3 Å². The molecular weight excluding hydrogens is 491 g/mol. The van der Waals surface area contributed by atoms with E-state index < -0.39 is 17.9 Å². The molecule has 0 aliphatic rings. The van der Waals surface area contributed by atoms with Gasteiger partial charge in [0.15, 0.2) is 17.1 Å². The number of nitrogens with zero attached hydrogens (tertiary/aromatic N) is 3. The molecule has 3 rings (SSSR count). The Morgan fingerprint density at radius 1 is 1.33 bits per heavy atom. The van der Waals surface area contributed by atoms with Crippen LogP contribution in [-0.2, 0) is 16.1 Å². The number of hydrogen-bond acceptors (Lipinski definition) is 8. The van der Waals surface area contributed by atoms with E-state index in [1.807, 2.05) is 18.4 Å². The number of halogens is 2. The summed E-state index contributed by atoms with van der Waals surface area (Å²) in [4.78, 5) is 25.3. The molecule has 2 heterocycles. The molecule has 1 amide bonds. The van der Waals surface area contributed by atoms with E-state index in [2.05, 4.69) is 15.5 Å². The van der Waals surface area contributed by atoms with Crippen molar-refractivity contribution in [2.24, 2.45) is 0 Å². The zero-order chi connectivity index (χ0) is 24.1.